The second-order valence-electron chi connectivity index (χ2n) is 6.74. The maximum absolute atomic E-state index is 12.1. The Bertz CT molecular complexity index is 721. The van der Waals surface area contributed by atoms with Gasteiger partial charge in [0, 0.05) is 11.7 Å². The molecule has 3 rings (SSSR count). The first-order valence-electron chi connectivity index (χ1n) is 8.98. The molecular weight excluding hydrogens is 312 g/mol. The van der Waals surface area contributed by atoms with Crippen molar-refractivity contribution in [3.63, 3.8) is 0 Å². The molecule has 1 saturated carbocycles. The Morgan fingerprint density at radius 2 is 1.88 bits per heavy atom. The second-order valence-corrected chi connectivity index (χ2v) is 6.74. The number of aromatic nitrogens is 1. The number of nitrogens with zero attached hydrogens (tertiary/aromatic N) is 1. The number of nitrogens with one attached hydrogen (secondary N) is 3. The first-order chi connectivity index (χ1) is 12.1. The number of anilines is 3. The molecule has 1 fully saturated rings. The molecule has 0 unspecified atom stereocenters. The quantitative estimate of drug-likeness (QED) is 0.743. The summed E-state index contributed by atoms with van der Waals surface area (Å²) in [6.07, 6.45) is 7.50. The number of carbonyl (C=O) groups excluding carboxylic acids is 1. The molecule has 5 heteroatoms. The van der Waals surface area contributed by atoms with Gasteiger partial charge in [-0.1, -0.05) is 31.4 Å². The molecule has 132 valence electrons. The zero-order chi connectivity index (χ0) is 17.6. The number of pyridine rings is 1. The molecule has 3 N–H and O–H groups in total. The molecule has 0 bridgehead atoms. The van der Waals surface area contributed by atoms with Crippen molar-refractivity contribution in [2.75, 3.05) is 10.6 Å². The Kier molecular flexibility index (Phi) is 5.53. The summed E-state index contributed by atoms with van der Waals surface area (Å²) in [7, 11) is 0. The summed E-state index contributed by atoms with van der Waals surface area (Å²) >= 11 is 0. The van der Waals surface area contributed by atoms with Gasteiger partial charge in [0.2, 0.25) is 0 Å². The molecule has 1 aliphatic carbocycles. The SMILES string of the molecule is Cc1cccc(Nc2ccc(NC(=O)NC3CCCCC3)cn2)c1C. The molecular formula is C20H26N4O. The highest BCUT2D eigenvalue weighted by Gasteiger charge is 2.15. The molecule has 2 amide bonds. The highest BCUT2D eigenvalue weighted by Crippen LogP contribution is 2.22. The van der Waals surface area contributed by atoms with Crippen LogP contribution in [0.4, 0.5) is 22.0 Å². The molecule has 1 aromatic carbocycles. The van der Waals surface area contributed by atoms with Crippen LogP contribution in [0.3, 0.4) is 0 Å². The number of amides is 2. The van der Waals surface area contributed by atoms with E-state index in [1.54, 1.807) is 6.20 Å². The number of urea groups is 1. The molecule has 0 aliphatic heterocycles. The summed E-state index contributed by atoms with van der Waals surface area (Å²) in [6.45, 7) is 4.18. The van der Waals surface area contributed by atoms with Crippen molar-refractivity contribution in [1.29, 1.82) is 0 Å². The minimum Gasteiger partial charge on any atom is -0.340 e. The Morgan fingerprint density at radius 3 is 2.60 bits per heavy atom. The van der Waals surface area contributed by atoms with Gasteiger partial charge in [0.25, 0.3) is 0 Å². The average molecular weight is 338 g/mol. The van der Waals surface area contributed by atoms with Crippen LogP contribution in [0.5, 0.6) is 0 Å². The summed E-state index contributed by atoms with van der Waals surface area (Å²) in [6, 6.07) is 10.0. The van der Waals surface area contributed by atoms with Crippen LogP contribution >= 0.6 is 0 Å². The molecule has 2 aromatic rings. The van der Waals surface area contributed by atoms with E-state index in [2.05, 4.69) is 40.8 Å². The fourth-order valence-corrected chi connectivity index (χ4v) is 3.17. The van der Waals surface area contributed by atoms with Crippen LogP contribution < -0.4 is 16.0 Å². The summed E-state index contributed by atoms with van der Waals surface area (Å²) in [5.74, 6) is 0.756. The Hall–Kier alpha value is -2.56. The number of aryl methyl sites for hydroxylation is 1. The van der Waals surface area contributed by atoms with Gasteiger partial charge < -0.3 is 16.0 Å². The van der Waals surface area contributed by atoms with Gasteiger partial charge in [0.05, 0.1) is 11.9 Å². The number of hydrogen-bond donors (Lipinski definition) is 3. The van der Waals surface area contributed by atoms with E-state index < -0.39 is 0 Å². The fourth-order valence-electron chi connectivity index (χ4n) is 3.17. The highest BCUT2D eigenvalue weighted by molar-refractivity contribution is 5.89. The average Bonchev–Trinajstić information content (AvgIpc) is 2.61. The Labute approximate surface area is 149 Å². The van der Waals surface area contributed by atoms with Crippen molar-refractivity contribution in [3.8, 4) is 0 Å². The Morgan fingerprint density at radius 1 is 1.08 bits per heavy atom. The lowest BCUT2D eigenvalue weighted by molar-refractivity contribution is 0.244. The predicted octanol–water partition coefficient (Wildman–Crippen LogP) is 4.90. The fraction of sp³-hybridized carbons (Fsp3) is 0.400. The molecule has 0 radical (unpaired) electrons. The smallest absolute Gasteiger partial charge is 0.319 e. The van der Waals surface area contributed by atoms with Crippen LogP contribution in [0.1, 0.15) is 43.2 Å². The van der Waals surface area contributed by atoms with Gasteiger partial charge in [-0.05, 0) is 56.0 Å². The third kappa shape index (κ3) is 4.72. The number of rotatable bonds is 4. The topological polar surface area (TPSA) is 66.0 Å². The van der Waals surface area contributed by atoms with Crippen LogP contribution in [0, 0.1) is 13.8 Å². The van der Waals surface area contributed by atoms with Crippen molar-refractivity contribution >= 4 is 23.2 Å². The molecule has 25 heavy (non-hydrogen) atoms. The molecule has 0 atom stereocenters. The van der Waals surface area contributed by atoms with E-state index in [0.717, 1.165) is 24.3 Å². The molecule has 5 nitrogen and oxygen atoms in total. The first-order valence-corrected chi connectivity index (χ1v) is 8.98. The molecule has 1 aliphatic rings. The van der Waals surface area contributed by atoms with Gasteiger partial charge in [-0.2, -0.15) is 0 Å². The van der Waals surface area contributed by atoms with Crippen LogP contribution in [-0.4, -0.2) is 17.1 Å². The lowest BCUT2D eigenvalue weighted by Crippen LogP contribution is -2.39. The van der Waals surface area contributed by atoms with E-state index in [1.165, 1.54) is 30.4 Å². The van der Waals surface area contributed by atoms with Crippen molar-refractivity contribution in [3.05, 3.63) is 47.7 Å². The maximum atomic E-state index is 12.1. The van der Waals surface area contributed by atoms with Crippen LogP contribution in [0.15, 0.2) is 36.5 Å². The van der Waals surface area contributed by atoms with Gasteiger partial charge in [0.15, 0.2) is 0 Å². The van der Waals surface area contributed by atoms with Gasteiger partial charge in [-0.25, -0.2) is 9.78 Å². The Balaban J connectivity index is 1.56. The molecule has 1 aromatic heterocycles. The largest absolute Gasteiger partial charge is 0.340 e. The van der Waals surface area contributed by atoms with Gasteiger partial charge in [0.1, 0.15) is 5.82 Å². The van der Waals surface area contributed by atoms with Crippen molar-refractivity contribution < 1.29 is 4.79 Å². The number of carbonyl (C=O) groups is 1. The van der Waals surface area contributed by atoms with Crippen molar-refractivity contribution in [2.24, 2.45) is 0 Å². The zero-order valence-electron chi connectivity index (χ0n) is 14.9. The first kappa shape index (κ1) is 17.3. The summed E-state index contributed by atoms with van der Waals surface area (Å²) in [4.78, 5) is 16.5. The van der Waals surface area contributed by atoms with Crippen LogP contribution in [0.25, 0.3) is 0 Å². The zero-order valence-corrected chi connectivity index (χ0v) is 14.9. The predicted molar refractivity (Wildman–Crippen MR) is 102 cm³/mol. The third-order valence-corrected chi connectivity index (χ3v) is 4.83. The monoisotopic (exact) mass is 338 g/mol. The van der Waals surface area contributed by atoms with Gasteiger partial charge in [-0.15, -0.1) is 0 Å². The van der Waals surface area contributed by atoms with E-state index in [0.29, 0.717) is 11.7 Å². The maximum Gasteiger partial charge on any atom is 0.319 e. The highest BCUT2D eigenvalue weighted by atomic mass is 16.2. The van der Waals surface area contributed by atoms with E-state index in [4.69, 9.17) is 0 Å². The minimum absolute atomic E-state index is 0.149. The van der Waals surface area contributed by atoms with Gasteiger partial charge >= 0.3 is 6.03 Å². The van der Waals surface area contributed by atoms with Crippen molar-refractivity contribution in [2.45, 2.75) is 52.0 Å². The summed E-state index contributed by atoms with van der Waals surface area (Å²) in [5, 5.41) is 9.22. The van der Waals surface area contributed by atoms with E-state index in [9.17, 15) is 4.79 Å². The summed E-state index contributed by atoms with van der Waals surface area (Å²) < 4.78 is 0. The van der Waals surface area contributed by atoms with Gasteiger partial charge in [-0.3, -0.25) is 0 Å². The van der Waals surface area contributed by atoms with Crippen LogP contribution in [-0.2, 0) is 0 Å². The minimum atomic E-state index is -0.149. The van der Waals surface area contributed by atoms with Crippen molar-refractivity contribution in [1.82, 2.24) is 10.3 Å². The molecule has 1 heterocycles. The summed E-state index contributed by atoms with van der Waals surface area (Å²) in [5.41, 5.74) is 4.18. The number of benzene rings is 1. The second kappa shape index (κ2) is 8.01. The lowest BCUT2D eigenvalue weighted by Gasteiger charge is -2.22. The van der Waals surface area contributed by atoms with E-state index >= 15 is 0 Å². The lowest BCUT2D eigenvalue weighted by atomic mass is 9.96. The van der Waals surface area contributed by atoms with E-state index in [-0.39, 0.29) is 6.03 Å². The molecule has 0 spiro atoms. The molecule has 0 saturated heterocycles. The normalized spacial score (nSPS) is 14.8. The van der Waals surface area contributed by atoms with E-state index in [1.807, 2.05) is 24.3 Å². The number of hydrogen-bond acceptors (Lipinski definition) is 3. The standard InChI is InChI=1S/C20H26N4O/c1-14-7-6-10-18(15(14)2)24-19-12-11-17(13-21-19)23-20(25)22-16-8-4-3-5-9-16/h6-7,10-13,16H,3-5,8-9H2,1-2H3,(H,21,24)(H2,22,23,25). The van der Waals surface area contributed by atoms with Crippen LogP contribution in [0.2, 0.25) is 0 Å². The third-order valence-electron chi connectivity index (χ3n) is 4.83.